The van der Waals surface area contributed by atoms with Crippen LogP contribution in [0, 0.1) is 0 Å². The number of aliphatic hydroxyl groups excluding tert-OH is 1. The van der Waals surface area contributed by atoms with E-state index >= 15 is 0 Å². The minimum absolute atomic E-state index is 0.176. The molecule has 2 aliphatic rings. The number of anilines is 3. The lowest BCUT2D eigenvalue weighted by molar-refractivity contribution is -0.104. The number of nitrogens with zero attached hydrogens (tertiary/aromatic N) is 4. The normalized spacial score (nSPS) is 21.8. The number of pyridine rings is 1. The highest BCUT2D eigenvalue weighted by Crippen LogP contribution is 2.44. The maximum Gasteiger partial charge on any atom is 0.274 e. The zero-order valence-electron chi connectivity index (χ0n) is 17.8. The van der Waals surface area contributed by atoms with Gasteiger partial charge in [-0.25, -0.2) is 13.8 Å². The maximum absolute atomic E-state index is 13.3. The van der Waals surface area contributed by atoms with Crippen molar-refractivity contribution in [2.24, 2.45) is 0 Å². The van der Waals surface area contributed by atoms with Gasteiger partial charge >= 0.3 is 0 Å². The minimum atomic E-state index is -2.74. The quantitative estimate of drug-likeness (QED) is 0.444. The van der Waals surface area contributed by atoms with Crippen molar-refractivity contribution in [2.75, 3.05) is 17.7 Å². The Kier molecular flexibility index (Phi) is 5.04. The van der Waals surface area contributed by atoms with E-state index in [0.717, 1.165) is 0 Å². The van der Waals surface area contributed by atoms with E-state index in [4.69, 9.17) is 0 Å². The molecule has 2 fully saturated rings. The summed E-state index contributed by atoms with van der Waals surface area (Å²) in [5.41, 5.74) is 0.216. The molecule has 12 heteroatoms. The summed E-state index contributed by atoms with van der Waals surface area (Å²) in [6.07, 6.45) is 2.93. The molecule has 3 heterocycles. The van der Waals surface area contributed by atoms with Crippen molar-refractivity contribution in [3.63, 3.8) is 0 Å². The van der Waals surface area contributed by atoms with Crippen LogP contribution in [0.4, 0.5) is 26.1 Å². The summed E-state index contributed by atoms with van der Waals surface area (Å²) in [6, 6.07) is 3.91. The first-order valence-corrected chi connectivity index (χ1v) is 10.7. The summed E-state index contributed by atoms with van der Waals surface area (Å²) in [5, 5.41) is 22.7. The Morgan fingerprint density at radius 2 is 2.09 bits per heavy atom. The Balaban J connectivity index is 1.45. The first kappa shape index (κ1) is 21.3. The molecule has 3 aromatic rings. The Morgan fingerprint density at radius 3 is 2.73 bits per heavy atom. The first-order chi connectivity index (χ1) is 15.8. The van der Waals surface area contributed by atoms with E-state index in [-0.39, 0.29) is 41.6 Å². The van der Waals surface area contributed by atoms with Gasteiger partial charge in [0.25, 0.3) is 17.4 Å². The summed E-state index contributed by atoms with van der Waals surface area (Å²) >= 11 is 0. The molecule has 0 radical (unpaired) electrons. The highest BCUT2D eigenvalue weighted by molar-refractivity contribution is 6.00. The van der Waals surface area contributed by atoms with Gasteiger partial charge in [0.15, 0.2) is 5.65 Å². The van der Waals surface area contributed by atoms with Gasteiger partial charge in [-0.05, 0) is 25.0 Å². The molecule has 3 aromatic heterocycles. The predicted octanol–water partition coefficient (Wildman–Crippen LogP) is 1.90. The molecule has 2 aliphatic carbocycles. The average Bonchev–Trinajstić information content (AvgIpc) is 3.19. The van der Waals surface area contributed by atoms with Crippen LogP contribution in [0.3, 0.4) is 0 Å². The lowest BCUT2D eigenvalue weighted by atomic mass is 9.88. The summed E-state index contributed by atoms with van der Waals surface area (Å²) < 4.78 is 29.3. The maximum atomic E-state index is 13.3. The van der Waals surface area contributed by atoms with Gasteiger partial charge in [0.05, 0.1) is 18.3 Å². The predicted molar refractivity (Wildman–Crippen MR) is 116 cm³/mol. The molecule has 1 amide bonds. The molecule has 174 valence electrons. The third kappa shape index (κ3) is 3.80. The number of hydrogen-bond donors (Lipinski definition) is 4. The van der Waals surface area contributed by atoms with Crippen molar-refractivity contribution in [1.82, 2.24) is 24.5 Å². The number of aliphatic hydroxyl groups is 1. The van der Waals surface area contributed by atoms with E-state index in [2.05, 4.69) is 26.0 Å². The average molecular weight is 459 g/mol. The molecule has 5 rings (SSSR count). The Bertz CT molecular complexity index is 1280. The van der Waals surface area contributed by atoms with Crippen molar-refractivity contribution >= 4 is 28.9 Å². The highest BCUT2D eigenvalue weighted by atomic mass is 19.3. The van der Waals surface area contributed by atoms with Crippen LogP contribution in [-0.2, 0) is 0 Å². The number of carbonyl (C=O) groups is 1. The van der Waals surface area contributed by atoms with Gasteiger partial charge in [-0.2, -0.15) is 9.61 Å². The number of hydrogen-bond acceptors (Lipinski definition) is 7. The molecule has 0 bridgehead atoms. The van der Waals surface area contributed by atoms with Crippen LogP contribution in [0.5, 0.6) is 0 Å². The largest absolute Gasteiger partial charge is 0.391 e. The van der Waals surface area contributed by atoms with Crippen molar-refractivity contribution in [3.05, 3.63) is 46.5 Å². The fourth-order valence-electron chi connectivity index (χ4n) is 4.12. The third-order valence-electron chi connectivity index (χ3n) is 6.23. The molecule has 33 heavy (non-hydrogen) atoms. The van der Waals surface area contributed by atoms with Crippen molar-refractivity contribution in [2.45, 2.75) is 49.8 Å². The van der Waals surface area contributed by atoms with Gasteiger partial charge in [-0.15, -0.1) is 0 Å². The number of amides is 1. The molecular formula is C21H23F2N7O3. The van der Waals surface area contributed by atoms with E-state index in [1.165, 1.54) is 21.5 Å². The highest BCUT2D eigenvalue weighted by Gasteiger charge is 2.46. The molecule has 0 saturated heterocycles. The van der Waals surface area contributed by atoms with Crippen molar-refractivity contribution < 1.29 is 18.7 Å². The monoisotopic (exact) mass is 459 g/mol. The van der Waals surface area contributed by atoms with Crippen LogP contribution in [0.15, 0.2) is 35.4 Å². The first-order valence-electron chi connectivity index (χ1n) is 10.7. The van der Waals surface area contributed by atoms with Gasteiger partial charge in [-0.3, -0.25) is 9.59 Å². The number of alkyl halides is 2. The van der Waals surface area contributed by atoms with Crippen LogP contribution in [-0.4, -0.2) is 55.3 Å². The molecule has 0 spiro atoms. The molecule has 2 saturated carbocycles. The number of nitrogens with one attached hydrogen (secondary N) is 3. The van der Waals surface area contributed by atoms with E-state index in [1.807, 2.05) is 0 Å². The number of fused-ring (bicyclic) bond motifs is 1. The molecular weight excluding hydrogens is 436 g/mol. The number of halogens is 2. The van der Waals surface area contributed by atoms with Crippen molar-refractivity contribution in [1.29, 1.82) is 0 Å². The minimum Gasteiger partial charge on any atom is -0.391 e. The SMILES string of the molecule is CNc1cc(Nc2cccn(C3CC(F)(F)C3)c2=O)nc2c(C(=O)NC3CC[C@H]3O)cnn12. The van der Waals surface area contributed by atoms with E-state index in [1.54, 1.807) is 25.2 Å². The number of aromatic nitrogens is 4. The lowest BCUT2D eigenvalue weighted by Gasteiger charge is -2.36. The molecule has 10 nitrogen and oxygen atoms in total. The lowest BCUT2D eigenvalue weighted by Crippen LogP contribution is -2.50. The van der Waals surface area contributed by atoms with Gasteiger partial charge in [0.1, 0.15) is 22.9 Å². The summed E-state index contributed by atoms with van der Waals surface area (Å²) in [5.74, 6) is -2.36. The zero-order chi connectivity index (χ0) is 23.3. The number of carbonyl (C=O) groups excluding carboxylic acids is 1. The van der Waals surface area contributed by atoms with Crippen LogP contribution in [0.2, 0.25) is 0 Å². The molecule has 2 atom stereocenters. The van der Waals surface area contributed by atoms with Gasteiger partial charge < -0.3 is 25.6 Å². The molecule has 0 aromatic carbocycles. The second-order valence-electron chi connectivity index (χ2n) is 8.47. The summed E-state index contributed by atoms with van der Waals surface area (Å²) in [6.45, 7) is 0. The smallest absolute Gasteiger partial charge is 0.274 e. The zero-order valence-corrected chi connectivity index (χ0v) is 17.8. The summed E-state index contributed by atoms with van der Waals surface area (Å²) in [7, 11) is 1.68. The van der Waals surface area contributed by atoms with Crippen LogP contribution in [0.25, 0.3) is 5.65 Å². The molecule has 4 N–H and O–H groups in total. The van der Waals surface area contributed by atoms with E-state index < -0.39 is 29.5 Å². The van der Waals surface area contributed by atoms with Crippen LogP contribution < -0.4 is 21.5 Å². The Morgan fingerprint density at radius 1 is 1.30 bits per heavy atom. The molecule has 1 unspecified atom stereocenters. The van der Waals surface area contributed by atoms with Gasteiger partial charge in [0.2, 0.25) is 0 Å². The van der Waals surface area contributed by atoms with Crippen LogP contribution >= 0.6 is 0 Å². The summed E-state index contributed by atoms with van der Waals surface area (Å²) in [4.78, 5) is 30.1. The third-order valence-corrected chi connectivity index (χ3v) is 6.23. The number of rotatable bonds is 6. The second kappa shape index (κ2) is 7.80. The standard InChI is InChI=1S/C21H23F2N7O3/c1-24-17-7-16(26-14-3-2-6-29(20(14)33)11-8-21(22,23)9-11)28-18-12(10-25-30(17)18)19(32)27-13-4-5-15(13)31/h2-3,6-7,10-11,13,15,24,31H,4-5,8-9H2,1H3,(H,26,28)(H,27,32)/t13?,15-/m1/s1. The molecule has 0 aliphatic heterocycles. The topological polar surface area (TPSA) is 126 Å². The fourth-order valence-corrected chi connectivity index (χ4v) is 4.12. The van der Waals surface area contributed by atoms with Gasteiger partial charge in [0, 0.05) is 38.2 Å². The van der Waals surface area contributed by atoms with E-state index in [0.29, 0.717) is 18.7 Å². The van der Waals surface area contributed by atoms with Gasteiger partial charge in [-0.1, -0.05) is 0 Å². The second-order valence-corrected chi connectivity index (χ2v) is 8.47. The van der Waals surface area contributed by atoms with Crippen molar-refractivity contribution in [3.8, 4) is 0 Å². The van der Waals surface area contributed by atoms with Crippen LogP contribution in [0.1, 0.15) is 42.1 Å². The Labute approximate surface area is 186 Å². The van der Waals surface area contributed by atoms with E-state index in [9.17, 15) is 23.5 Å². The fraction of sp³-hybridized carbons (Fsp3) is 0.429. The Hall–Kier alpha value is -3.54.